The molecular formula is C20H24N4O3. The first-order chi connectivity index (χ1) is 13.0. The molecule has 3 heterocycles. The second-order valence-corrected chi connectivity index (χ2v) is 6.65. The van der Waals surface area contributed by atoms with Gasteiger partial charge in [0.25, 0.3) is 0 Å². The Labute approximate surface area is 158 Å². The largest absolute Gasteiger partial charge is 0.453 e. The van der Waals surface area contributed by atoms with Gasteiger partial charge in [-0.15, -0.1) is 16.8 Å². The van der Waals surface area contributed by atoms with Crippen LogP contribution in [0.15, 0.2) is 30.9 Å². The Balaban J connectivity index is 1.61. The normalized spacial score (nSPS) is 13.6. The number of ether oxygens (including phenoxy) is 1. The van der Waals surface area contributed by atoms with Crippen LogP contribution in [0, 0.1) is 13.8 Å². The lowest BCUT2D eigenvalue weighted by molar-refractivity contribution is 0.0467. The molecular weight excluding hydrogens is 344 g/mol. The Morgan fingerprint density at radius 3 is 2.59 bits per heavy atom. The van der Waals surface area contributed by atoms with E-state index >= 15 is 0 Å². The molecule has 7 heteroatoms. The molecule has 0 atom stereocenters. The van der Waals surface area contributed by atoms with Crippen molar-refractivity contribution < 1.29 is 14.3 Å². The number of carbonyl (C=O) groups excluding carboxylic acids is 2. The van der Waals surface area contributed by atoms with Crippen LogP contribution in [0.4, 0.5) is 5.82 Å². The molecule has 3 rings (SSSR count). The van der Waals surface area contributed by atoms with Crippen LogP contribution in [-0.4, -0.2) is 46.2 Å². The zero-order valence-corrected chi connectivity index (χ0v) is 15.8. The average Bonchev–Trinajstić information content (AvgIpc) is 3.30. The summed E-state index contributed by atoms with van der Waals surface area (Å²) in [6.07, 6.45) is 4.06. The summed E-state index contributed by atoms with van der Waals surface area (Å²) in [6, 6.07) is 5.16. The molecule has 0 saturated carbocycles. The fraction of sp³-hybridized carbons (Fsp3) is 0.400. The molecule has 0 aliphatic carbocycles. The second kappa shape index (κ2) is 8.16. The van der Waals surface area contributed by atoms with Gasteiger partial charge in [0, 0.05) is 36.6 Å². The monoisotopic (exact) mass is 368 g/mol. The number of rotatable bonds is 7. The summed E-state index contributed by atoms with van der Waals surface area (Å²) in [4.78, 5) is 26.7. The van der Waals surface area contributed by atoms with Gasteiger partial charge >= 0.3 is 5.97 Å². The summed E-state index contributed by atoms with van der Waals surface area (Å²) >= 11 is 0. The van der Waals surface area contributed by atoms with E-state index in [0.29, 0.717) is 12.1 Å². The van der Waals surface area contributed by atoms with E-state index in [9.17, 15) is 9.59 Å². The summed E-state index contributed by atoms with van der Waals surface area (Å²) < 4.78 is 7.13. The van der Waals surface area contributed by atoms with Gasteiger partial charge in [-0.25, -0.2) is 4.79 Å². The Hall–Kier alpha value is -2.96. The van der Waals surface area contributed by atoms with E-state index in [1.807, 2.05) is 18.4 Å². The molecule has 1 aliphatic heterocycles. The standard InChI is InChI=1S/C20H24N4O3/c1-4-9-24-14(2)12-16(15(24)3)18(25)13-27-20(26)17-7-8-19(22-21-17)23-10-5-6-11-23/h4,7-8,12H,1,5-6,9-11,13H2,2-3H3. The van der Waals surface area contributed by atoms with Gasteiger partial charge in [-0.05, 0) is 44.9 Å². The smallest absolute Gasteiger partial charge is 0.359 e. The van der Waals surface area contributed by atoms with Crippen LogP contribution in [0.5, 0.6) is 0 Å². The zero-order valence-electron chi connectivity index (χ0n) is 15.8. The van der Waals surface area contributed by atoms with Gasteiger partial charge in [-0.1, -0.05) is 6.08 Å². The molecule has 1 aliphatic rings. The fourth-order valence-electron chi connectivity index (χ4n) is 3.33. The topological polar surface area (TPSA) is 77.3 Å². The number of aromatic nitrogens is 3. The van der Waals surface area contributed by atoms with Crippen molar-refractivity contribution in [2.45, 2.75) is 33.2 Å². The summed E-state index contributed by atoms with van der Waals surface area (Å²) in [5, 5.41) is 8.04. The number of hydrogen-bond acceptors (Lipinski definition) is 6. The molecule has 1 fully saturated rings. The van der Waals surface area contributed by atoms with Gasteiger partial charge in [0.1, 0.15) is 0 Å². The van der Waals surface area contributed by atoms with Crippen LogP contribution in [-0.2, 0) is 11.3 Å². The van der Waals surface area contributed by atoms with Crippen molar-refractivity contribution in [2.75, 3.05) is 24.6 Å². The zero-order chi connectivity index (χ0) is 19.4. The Morgan fingerprint density at radius 1 is 1.22 bits per heavy atom. The number of aryl methyl sites for hydroxylation is 1. The summed E-state index contributed by atoms with van der Waals surface area (Å²) in [5.41, 5.74) is 2.45. The number of esters is 1. The van der Waals surface area contributed by atoms with Crippen molar-refractivity contribution in [1.82, 2.24) is 14.8 Å². The third-order valence-corrected chi connectivity index (χ3v) is 4.81. The van der Waals surface area contributed by atoms with Crippen molar-refractivity contribution >= 4 is 17.6 Å². The highest BCUT2D eigenvalue weighted by atomic mass is 16.5. The Bertz CT molecular complexity index is 849. The molecule has 2 aromatic heterocycles. The van der Waals surface area contributed by atoms with Crippen LogP contribution in [0.3, 0.4) is 0 Å². The molecule has 0 N–H and O–H groups in total. The van der Waals surface area contributed by atoms with Crippen molar-refractivity contribution in [1.29, 1.82) is 0 Å². The van der Waals surface area contributed by atoms with Crippen molar-refractivity contribution in [3.63, 3.8) is 0 Å². The first-order valence-electron chi connectivity index (χ1n) is 9.08. The molecule has 142 valence electrons. The molecule has 27 heavy (non-hydrogen) atoms. The fourth-order valence-corrected chi connectivity index (χ4v) is 3.33. The summed E-state index contributed by atoms with van der Waals surface area (Å²) in [6.45, 7) is 9.74. The minimum atomic E-state index is -0.649. The van der Waals surface area contributed by atoms with Crippen molar-refractivity contribution in [2.24, 2.45) is 0 Å². The van der Waals surface area contributed by atoms with Gasteiger partial charge in [0.15, 0.2) is 18.1 Å². The number of Topliss-reactive ketones (excluding diaryl/α,β-unsaturated/α-hetero) is 1. The van der Waals surface area contributed by atoms with E-state index in [0.717, 1.165) is 43.1 Å². The number of anilines is 1. The second-order valence-electron chi connectivity index (χ2n) is 6.65. The first kappa shape index (κ1) is 18.8. The van der Waals surface area contributed by atoms with E-state index in [1.54, 1.807) is 24.3 Å². The molecule has 0 unspecified atom stereocenters. The van der Waals surface area contributed by atoms with E-state index in [-0.39, 0.29) is 18.1 Å². The van der Waals surface area contributed by atoms with Crippen LogP contribution in [0.1, 0.15) is 45.1 Å². The van der Waals surface area contributed by atoms with Crippen LogP contribution < -0.4 is 4.90 Å². The van der Waals surface area contributed by atoms with Crippen molar-refractivity contribution in [3.05, 3.63) is 53.5 Å². The van der Waals surface area contributed by atoms with Gasteiger partial charge < -0.3 is 14.2 Å². The molecule has 0 aromatic carbocycles. The molecule has 0 radical (unpaired) electrons. The van der Waals surface area contributed by atoms with E-state index in [1.165, 1.54) is 0 Å². The lowest BCUT2D eigenvalue weighted by Crippen LogP contribution is -2.20. The number of carbonyl (C=O) groups is 2. The third kappa shape index (κ3) is 4.07. The van der Waals surface area contributed by atoms with Crippen LogP contribution in [0.2, 0.25) is 0 Å². The molecule has 1 saturated heterocycles. The maximum atomic E-state index is 12.4. The SMILES string of the molecule is C=CCn1c(C)cc(C(=O)COC(=O)c2ccc(N3CCCC3)nn2)c1C. The molecule has 7 nitrogen and oxygen atoms in total. The first-order valence-corrected chi connectivity index (χ1v) is 9.08. The maximum absolute atomic E-state index is 12.4. The average molecular weight is 368 g/mol. The van der Waals surface area contributed by atoms with E-state index in [4.69, 9.17) is 4.74 Å². The molecule has 0 bridgehead atoms. The van der Waals surface area contributed by atoms with Gasteiger partial charge in [0.05, 0.1) is 0 Å². The lowest BCUT2D eigenvalue weighted by Gasteiger charge is -2.15. The summed E-state index contributed by atoms with van der Waals surface area (Å²) in [5.74, 6) is -0.132. The number of ketones is 1. The minimum Gasteiger partial charge on any atom is -0.453 e. The Morgan fingerprint density at radius 2 is 1.96 bits per heavy atom. The van der Waals surface area contributed by atoms with E-state index < -0.39 is 5.97 Å². The quantitative estimate of drug-likeness (QED) is 0.425. The highest BCUT2D eigenvalue weighted by Crippen LogP contribution is 2.18. The molecule has 0 amide bonds. The number of hydrogen-bond donors (Lipinski definition) is 0. The highest BCUT2D eigenvalue weighted by molar-refractivity contribution is 6.00. The lowest BCUT2D eigenvalue weighted by atomic mass is 10.1. The Kier molecular flexibility index (Phi) is 5.69. The van der Waals surface area contributed by atoms with Gasteiger partial charge in [0.2, 0.25) is 5.78 Å². The molecule has 2 aromatic rings. The maximum Gasteiger partial charge on any atom is 0.359 e. The van der Waals surface area contributed by atoms with Gasteiger partial charge in [-0.2, -0.15) is 0 Å². The van der Waals surface area contributed by atoms with Crippen LogP contribution >= 0.6 is 0 Å². The van der Waals surface area contributed by atoms with Gasteiger partial charge in [-0.3, -0.25) is 4.79 Å². The predicted octanol–water partition coefficient (Wildman–Crippen LogP) is 2.72. The van der Waals surface area contributed by atoms with E-state index in [2.05, 4.69) is 21.7 Å². The minimum absolute atomic E-state index is 0.0999. The van der Waals surface area contributed by atoms with Crippen molar-refractivity contribution in [3.8, 4) is 0 Å². The third-order valence-electron chi connectivity index (χ3n) is 4.81. The summed E-state index contributed by atoms with van der Waals surface area (Å²) in [7, 11) is 0. The molecule has 0 spiro atoms. The number of allylic oxidation sites excluding steroid dienone is 1. The number of nitrogens with zero attached hydrogens (tertiary/aromatic N) is 4. The highest BCUT2D eigenvalue weighted by Gasteiger charge is 2.19. The predicted molar refractivity (Wildman–Crippen MR) is 102 cm³/mol. The van der Waals surface area contributed by atoms with Crippen LogP contribution in [0.25, 0.3) is 0 Å².